The van der Waals surface area contributed by atoms with Crippen LogP contribution in [0.15, 0.2) is 58.4 Å². The predicted molar refractivity (Wildman–Crippen MR) is 133 cm³/mol. The fourth-order valence-electron chi connectivity index (χ4n) is 7.34. The third kappa shape index (κ3) is 3.38. The molecule has 172 valence electrons. The van der Waals surface area contributed by atoms with E-state index in [-0.39, 0.29) is 11.3 Å². The highest BCUT2D eigenvalue weighted by molar-refractivity contribution is 7.13. The summed E-state index contributed by atoms with van der Waals surface area (Å²) in [7, 11) is 0. The number of fused-ring (bicyclic) bond motifs is 1. The van der Waals surface area contributed by atoms with Gasteiger partial charge in [-0.25, -0.2) is 4.98 Å². The summed E-state index contributed by atoms with van der Waals surface area (Å²) < 4.78 is 5.68. The number of thiophene rings is 1. The molecule has 0 radical (unpaired) electrons. The van der Waals surface area contributed by atoms with Gasteiger partial charge in [0.2, 0.25) is 0 Å². The number of hydrogen-bond donors (Lipinski definition) is 1. The Balaban J connectivity index is 1.26. The summed E-state index contributed by atoms with van der Waals surface area (Å²) in [4.78, 5) is 19.5. The summed E-state index contributed by atoms with van der Waals surface area (Å²) in [6.45, 7) is 0.763. The van der Waals surface area contributed by atoms with Crippen LogP contribution < -0.4 is 5.32 Å². The first-order valence-corrected chi connectivity index (χ1v) is 13.2. The van der Waals surface area contributed by atoms with E-state index < -0.39 is 0 Å². The maximum atomic E-state index is 13.8. The van der Waals surface area contributed by atoms with Gasteiger partial charge < -0.3 is 9.84 Å². The third-order valence-corrected chi connectivity index (χ3v) is 9.19. The minimum absolute atomic E-state index is 0.0543. The van der Waals surface area contributed by atoms with Crippen molar-refractivity contribution in [2.45, 2.75) is 38.5 Å². The van der Waals surface area contributed by atoms with Gasteiger partial charge in [0.25, 0.3) is 11.6 Å². The Morgan fingerprint density at radius 2 is 1.76 bits per heavy atom. The number of pyridine rings is 1. The second-order valence-electron chi connectivity index (χ2n) is 10.7. The van der Waals surface area contributed by atoms with Gasteiger partial charge in [0, 0.05) is 12.1 Å². The Labute approximate surface area is 202 Å². The highest BCUT2D eigenvalue weighted by Gasteiger charge is 2.50. The van der Waals surface area contributed by atoms with Crippen LogP contribution in [0.3, 0.4) is 0 Å². The van der Waals surface area contributed by atoms with E-state index in [1.165, 1.54) is 38.5 Å². The van der Waals surface area contributed by atoms with Crippen molar-refractivity contribution in [1.82, 2.24) is 15.5 Å². The Morgan fingerprint density at radius 1 is 1.03 bits per heavy atom. The molecule has 0 unspecified atom stereocenters. The van der Waals surface area contributed by atoms with Crippen molar-refractivity contribution < 1.29 is 9.32 Å². The Bertz CT molecular complexity index is 1320. The standard InChI is InChI=1S/C28H27N3O2S/c32-26(29-16-28-13-17-9-18(14-28)11-19(10-17)15-28)21-12-22(23-7-4-8-34-23)30-27-24(21)25(31-33-27)20-5-2-1-3-6-20/h1-8,12,17-19H,9-11,13-16H2,(H,29,32). The van der Waals surface area contributed by atoms with Gasteiger partial charge in [-0.3, -0.25) is 4.79 Å². The summed E-state index contributed by atoms with van der Waals surface area (Å²) in [5.41, 5.74) is 3.62. The van der Waals surface area contributed by atoms with E-state index in [0.29, 0.717) is 22.4 Å². The SMILES string of the molecule is O=C(NCC12CC3CC(CC(C3)C1)C2)c1cc(-c2cccs2)nc2onc(-c3ccccc3)c12. The zero-order valence-electron chi connectivity index (χ0n) is 19.0. The van der Waals surface area contributed by atoms with Crippen molar-refractivity contribution in [3.8, 4) is 21.8 Å². The Morgan fingerprint density at radius 3 is 2.44 bits per heavy atom. The largest absolute Gasteiger partial charge is 0.351 e. The lowest BCUT2D eigenvalue weighted by Crippen LogP contribution is -2.51. The first-order valence-electron chi connectivity index (χ1n) is 12.3. The molecule has 8 rings (SSSR count). The van der Waals surface area contributed by atoms with Crippen molar-refractivity contribution in [3.63, 3.8) is 0 Å². The molecule has 4 aliphatic rings. The molecule has 4 aliphatic carbocycles. The van der Waals surface area contributed by atoms with Crippen LogP contribution in [0.4, 0.5) is 0 Å². The van der Waals surface area contributed by atoms with Gasteiger partial charge in [0.05, 0.1) is 21.5 Å². The first kappa shape index (κ1) is 20.4. The average molecular weight is 470 g/mol. The Hall–Kier alpha value is -2.99. The van der Waals surface area contributed by atoms with Gasteiger partial charge in [0.1, 0.15) is 5.69 Å². The van der Waals surface area contributed by atoms with E-state index in [4.69, 9.17) is 9.51 Å². The number of carbonyl (C=O) groups is 1. The number of nitrogens with zero attached hydrogens (tertiary/aromatic N) is 2. The first-order chi connectivity index (χ1) is 16.7. The molecule has 0 saturated heterocycles. The second kappa shape index (κ2) is 7.77. The van der Waals surface area contributed by atoms with Crippen LogP contribution >= 0.6 is 11.3 Å². The average Bonchev–Trinajstić information content (AvgIpc) is 3.52. The summed E-state index contributed by atoms with van der Waals surface area (Å²) in [6, 6.07) is 15.8. The van der Waals surface area contributed by atoms with Crippen LogP contribution in [0.25, 0.3) is 32.9 Å². The Kier molecular flexibility index (Phi) is 4.66. The van der Waals surface area contributed by atoms with Gasteiger partial charge in [-0.1, -0.05) is 41.6 Å². The molecular formula is C28H27N3O2S. The molecule has 4 fully saturated rings. The number of benzene rings is 1. The van der Waals surface area contributed by atoms with Gasteiger partial charge in [-0.15, -0.1) is 11.3 Å². The van der Waals surface area contributed by atoms with Gasteiger partial charge >= 0.3 is 0 Å². The molecule has 1 amide bonds. The molecule has 6 heteroatoms. The lowest BCUT2D eigenvalue weighted by Gasteiger charge is -2.56. The van der Waals surface area contributed by atoms with Crippen LogP contribution in [-0.4, -0.2) is 22.6 Å². The number of amides is 1. The van der Waals surface area contributed by atoms with Crippen LogP contribution in [0.1, 0.15) is 48.9 Å². The smallest absolute Gasteiger partial charge is 0.259 e. The van der Waals surface area contributed by atoms with Crippen LogP contribution in [0, 0.1) is 23.2 Å². The minimum Gasteiger partial charge on any atom is -0.351 e. The van der Waals surface area contributed by atoms with Gasteiger partial charge in [-0.05, 0) is 79.2 Å². The van der Waals surface area contributed by atoms with Crippen LogP contribution in [0.5, 0.6) is 0 Å². The molecule has 1 aromatic carbocycles. The molecule has 0 atom stereocenters. The van der Waals surface area contributed by atoms with Crippen molar-refractivity contribution in [2.24, 2.45) is 23.2 Å². The van der Waals surface area contributed by atoms with E-state index >= 15 is 0 Å². The molecule has 4 aromatic rings. The molecule has 0 spiro atoms. The van der Waals surface area contributed by atoms with Gasteiger partial charge in [0.15, 0.2) is 0 Å². The monoisotopic (exact) mass is 469 g/mol. The molecule has 5 nitrogen and oxygen atoms in total. The lowest BCUT2D eigenvalue weighted by atomic mass is 9.49. The summed E-state index contributed by atoms with van der Waals surface area (Å²) in [5.74, 6) is 2.54. The van der Waals surface area contributed by atoms with E-state index in [1.54, 1.807) is 11.3 Å². The zero-order valence-corrected chi connectivity index (χ0v) is 19.8. The maximum absolute atomic E-state index is 13.8. The molecule has 3 aromatic heterocycles. The van der Waals surface area contributed by atoms with Crippen LogP contribution in [-0.2, 0) is 0 Å². The van der Waals surface area contributed by atoms with E-state index in [1.807, 2.05) is 53.9 Å². The fraction of sp³-hybridized carbons (Fsp3) is 0.393. The quantitative estimate of drug-likeness (QED) is 0.359. The van der Waals surface area contributed by atoms with Crippen molar-refractivity contribution >= 4 is 28.3 Å². The van der Waals surface area contributed by atoms with Crippen molar-refractivity contribution in [1.29, 1.82) is 0 Å². The number of carbonyl (C=O) groups excluding carboxylic acids is 1. The number of nitrogens with one attached hydrogen (secondary N) is 1. The van der Waals surface area contributed by atoms with E-state index in [2.05, 4.69) is 10.5 Å². The van der Waals surface area contributed by atoms with Crippen molar-refractivity contribution in [2.75, 3.05) is 6.54 Å². The minimum atomic E-state index is -0.0543. The molecular weight excluding hydrogens is 442 g/mol. The summed E-state index contributed by atoms with van der Waals surface area (Å²) in [6.07, 6.45) is 8.03. The van der Waals surface area contributed by atoms with E-state index in [9.17, 15) is 4.79 Å². The highest BCUT2D eigenvalue weighted by atomic mass is 32.1. The third-order valence-electron chi connectivity index (χ3n) is 8.30. The molecule has 3 heterocycles. The molecule has 1 N–H and O–H groups in total. The summed E-state index contributed by atoms with van der Waals surface area (Å²) >= 11 is 1.60. The summed E-state index contributed by atoms with van der Waals surface area (Å²) in [5, 5.41) is 10.4. The number of rotatable bonds is 5. The zero-order chi connectivity index (χ0) is 22.7. The molecule has 4 saturated carbocycles. The molecule has 0 aliphatic heterocycles. The second-order valence-corrected chi connectivity index (χ2v) is 11.7. The topological polar surface area (TPSA) is 68.0 Å². The molecule has 4 bridgehead atoms. The highest BCUT2D eigenvalue weighted by Crippen LogP contribution is 2.59. The normalized spacial score (nSPS) is 27.4. The predicted octanol–water partition coefficient (Wildman–Crippen LogP) is 6.56. The van der Waals surface area contributed by atoms with Gasteiger partial charge in [-0.2, -0.15) is 0 Å². The molecule has 34 heavy (non-hydrogen) atoms. The fourth-order valence-corrected chi connectivity index (χ4v) is 8.03. The lowest BCUT2D eigenvalue weighted by molar-refractivity contribution is -0.0503. The van der Waals surface area contributed by atoms with Crippen LogP contribution in [0.2, 0.25) is 0 Å². The number of aromatic nitrogens is 2. The van der Waals surface area contributed by atoms with E-state index in [0.717, 1.165) is 40.4 Å². The maximum Gasteiger partial charge on any atom is 0.259 e. The number of hydrogen-bond acceptors (Lipinski definition) is 5. The van der Waals surface area contributed by atoms with Crippen molar-refractivity contribution in [3.05, 3.63) is 59.5 Å².